The summed E-state index contributed by atoms with van der Waals surface area (Å²) in [5, 5.41) is 2.51. The van der Waals surface area contributed by atoms with E-state index in [-0.39, 0.29) is 0 Å². The molecule has 0 aliphatic carbocycles. The predicted octanol–water partition coefficient (Wildman–Crippen LogP) is 3.11. The molecule has 1 atom stereocenters. The fourth-order valence-corrected chi connectivity index (χ4v) is 2.59. The molecule has 1 fully saturated rings. The number of epoxide rings is 1. The van der Waals surface area contributed by atoms with Crippen molar-refractivity contribution in [1.82, 2.24) is 4.57 Å². The number of para-hydroxylation sites is 1. The van der Waals surface area contributed by atoms with E-state index in [2.05, 4.69) is 48.0 Å². The predicted molar refractivity (Wildman–Crippen MR) is 75.7 cm³/mol. The lowest BCUT2D eigenvalue weighted by Crippen LogP contribution is -2.03. The molecule has 1 aliphatic heterocycles. The highest BCUT2D eigenvalue weighted by molar-refractivity contribution is 6.08. The quantitative estimate of drug-likeness (QED) is 0.670. The molecule has 2 heterocycles. The van der Waals surface area contributed by atoms with E-state index in [0.717, 1.165) is 12.4 Å². The molecule has 3 nitrogen and oxygen atoms in total. The summed E-state index contributed by atoms with van der Waals surface area (Å²) in [6.45, 7) is 1.48. The molecule has 1 saturated heterocycles. The van der Waals surface area contributed by atoms with Crippen LogP contribution in [0.1, 0.15) is 0 Å². The van der Waals surface area contributed by atoms with Gasteiger partial charge < -0.3 is 14.0 Å². The second-order valence-corrected chi connectivity index (χ2v) is 5.02. The van der Waals surface area contributed by atoms with Gasteiger partial charge in [0.15, 0.2) is 0 Å². The minimum absolute atomic E-state index is 0.295. The summed E-state index contributed by atoms with van der Waals surface area (Å²) in [5.41, 5.74) is 2.48. The Hall–Kier alpha value is -2.00. The fraction of sp³-hybridized carbons (Fsp3) is 0.250. The number of aromatic nitrogens is 1. The zero-order valence-corrected chi connectivity index (χ0v) is 10.8. The maximum atomic E-state index is 5.76. The van der Waals surface area contributed by atoms with Gasteiger partial charge in [-0.05, 0) is 24.3 Å². The third kappa shape index (κ3) is 1.78. The van der Waals surface area contributed by atoms with Crippen LogP contribution >= 0.6 is 0 Å². The Morgan fingerprint density at radius 3 is 2.79 bits per heavy atom. The Labute approximate surface area is 111 Å². The largest absolute Gasteiger partial charge is 0.491 e. The van der Waals surface area contributed by atoms with Crippen LogP contribution in [0.2, 0.25) is 0 Å². The molecular formula is C16H15NO2. The molecule has 0 saturated carbocycles. The number of fused-ring (bicyclic) bond motifs is 3. The molecule has 3 heteroatoms. The minimum Gasteiger partial charge on any atom is -0.491 e. The second kappa shape index (κ2) is 4.00. The monoisotopic (exact) mass is 253 g/mol. The first-order chi connectivity index (χ1) is 9.33. The summed E-state index contributed by atoms with van der Waals surface area (Å²) in [6, 6.07) is 14.7. The highest BCUT2D eigenvalue weighted by Crippen LogP contribution is 2.31. The van der Waals surface area contributed by atoms with Gasteiger partial charge in [0.25, 0.3) is 0 Å². The van der Waals surface area contributed by atoms with Crippen molar-refractivity contribution in [2.24, 2.45) is 7.05 Å². The van der Waals surface area contributed by atoms with E-state index in [0.29, 0.717) is 12.7 Å². The van der Waals surface area contributed by atoms with Gasteiger partial charge in [-0.2, -0.15) is 0 Å². The highest BCUT2D eigenvalue weighted by atomic mass is 16.6. The van der Waals surface area contributed by atoms with Gasteiger partial charge in [-0.15, -0.1) is 0 Å². The zero-order valence-electron chi connectivity index (χ0n) is 10.8. The van der Waals surface area contributed by atoms with Gasteiger partial charge >= 0.3 is 0 Å². The number of rotatable bonds is 3. The van der Waals surface area contributed by atoms with Crippen LogP contribution in [0, 0.1) is 0 Å². The molecule has 19 heavy (non-hydrogen) atoms. The average molecular weight is 253 g/mol. The lowest BCUT2D eigenvalue weighted by atomic mass is 10.1. The summed E-state index contributed by atoms with van der Waals surface area (Å²) in [6.07, 6.45) is 0.295. The summed E-state index contributed by atoms with van der Waals surface area (Å²) in [4.78, 5) is 0. The number of hydrogen-bond donors (Lipinski definition) is 0. The first-order valence-corrected chi connectivity index (χ1v) is 6.54. The summed E-state index contributed by atoms with van der Waals surface area (Å²) in [5.74, 6) is 0.916. The van der Waals surface area contributed by atoms with Crippen LogP contribution in [-0.4, -0.2) is 23.9 Å². The molecule has 0 radical (unpaired) electrons. The van der Waals surface area contributed by atoms with Crippen LogP contribution in [-0.2, 0) is 11.8 Å². The first-order valence-electron chi connectivity index (χ1n) is 6.54. The van der Waals surface area contributed by atoms with Gasteiger partial charge in [0, 0.05) is 28.9 Å². The van der Waals surface area contributed by atoms with Crippen LogP contribution in [0.15, 0.2) is 42.5 Å². The standard InChI is InChI=1S/C16H15NO2/c1-17-15-5-3-2-4-13(15)14-8-11(6-7-16(14)17)18-9-12-10-19-12/h2-8,12H,9-10H2,1H3. The SMILES string of the molecule is Cn1c2ccccc2c2cc(OCC3CO3)ccc21. The number of hydrogen-bond acceptors (Lipinski definition) is 2. The van der Waals surface area contributed by atoms with Crippen LogP contribution < -0.4 is 4.74 Å². The van der Waals surface area contributed by atoms with Crippen molar-refractivity contribution >= 4 is 21.8 Å². The van der Waals surface area contributed by atoms with Crippen LogP contribution in [0.25, 0.3) is 21.8 Å². The molecule has 1 unspecified atom stereocenters. The van der Waals surface area contributed by atoms with E-state index in [4.69, 9.17) is 9.47 Å². The lowest BCUT2D eigenvalue weighted by molar-refractivity contribution is 0.263. The maximum absolute atomic E-state index is 5.76. The third-order valence-electron chi connectivity index (χ3n) is 3.72. The van der Waals surface area contributed by atoms with Gasteiger partial charge in [0.05, 0.1) is 6.61 Å². The maximum Gasteiger partial charge on any atom is 0.120 e. The molecule has 0 amide bonds. The van der Waals surface area contributed by atoms with E-state index in [1.54, 1.807) is 0 Å². The van der Waals surface area contributed by atoms with Crippen LogP contribution in [0.5, 0.6) is 5.75 Å². The van der Waals surface area contributed by atoms with Gasteiger partial charge in [-0.1, -0.05) is 18.2 Å². The lowest BCUT2D eigenvalue weighted by Gasteiger charge is -2.04. The Morgan fingerprint density at radius 2 is 1.95 bits per heavy atom. The smallest absolute Gasteiger partial charge is 0.120 e. The van der Waals surface area contributed by atoms with Crippen molar-refractivity contribution in [2.75, 3.05) is 13.2 Å². The van der Waals surface area contributed by atoms with E-state index in [1.807, 2.05) is 6.07 Å². The topological polar surface area (TPSA) is 26.7 Å². The molecule has 1 aliphatic rings. The Kier molecular flexibility index (Phi) is 2.29. The molecule has 0 bridgehead atoms. The minimum atomic E-state index is 0.295. The zero-order chi connectivity index (χ0) is 12.8. The number of ether oxygens (including phenoxy) is 2. The molecule has 0 spiro atoms. The molecular weight excluding hydrogens is 238 g/mol. The number of aryl methyl sites for hydroxylation is 1. The van der Waals surface area contributed by atoms with Gasteiger partial charge in [0.1, 0.15) is 18.5 Å². The van der Waals surface area contributed by atoms with Gasteiger partial charge in [-0.3, -0.25) is 0 Å². The molecule has 4 rings (SSSR count). The van der Waals surface area contributed by atoms with Crippen LogP contribution in [0.4, 0.5) is 0 Å². The average Bonchev–Trinajstić information content (AvgIpc) is 3.24. The number of benzene rings is 2. The molecule has 1 aromatic heterocycles. The van der Waals surface area contributed by atoms with Crippen molar-refractivity contribution in [3.8, 4) is 5.75 Å². The molecule has 2 aromatic carbocycles. The summed E-state index contributed by atoms with van der Waals surface area (Å²) < 4.78 is 13.1. The Bertz CT molecular complexity index is 756. The Morgan fingerprint density at radius 1 is 1.16 bits per heavy atom. The second-order valence-electron chi connectivity index (χ2n) is 5.02. The normalized spacial score (nSPS) is 18.1. The van der Waals surface area contributed by atoms with Crippen molar-refractivity contribution < 1.29 is 9.47 Å². The summed E-state index contributed by atoms with van der Waals surface area (Å²) >= 11 is 0. The number of nitrogens with zero attached hydrogens (tertiary/aromatic N) is 1. The first kappa shape index (κ1) is 10.9. The van der Waals surface area contributed by atoms with Crippen molar-refractivity contribution in [3.05, 3.63) is 42.5 Å². The van der Waals surface area contributed by atoms with Crippen LogP contribution in [0.3, 0.4) is 0 Å². The van der Waals surface area contributed by atoms with E-state index in [1.165, 1.54) is 21.8 Å². The fourth-order valence-electron chi connectivity index (χ4n) is 2.59. The third-order valence-corrected chi connectivity index (χ3v) is 3.72. The van der Waals surface area contributed by atoms with E-state index in [9.17, 15) is 0 Å². The van der Waals surface area contributed by atoms with Crippen molar-refractivity contribution in [1.29, 1.82) is 0 Å². The highest BCUT2D eigenvalue weighted by Gasteiger charge is 2.23. The van der Waals surface area contributed by atoms with Gasteiger partial charge in [-0.25, -0.2) is 0 Å². The molecule has 96 valence electrons. The van der Waals surface area contributed by atoms with E-state index < -0.39 is 0 Å². The molecule has 0 N–H and O–H groups in total. The Balaban J connectivity index is 1.84. The summed E-state index contributed by atoms with van der Waals surface area (Å²) in [7, 11) is 2.10. The van der Waals surface area contributed by atoms with Crippen molar-refractivity contribution in [2.45, 2.75) is 6.10 Å². The van der Waals surface area contributed by atoms with E-state index >= 15 is 0 Å². The molecule has 3 aromatic rings. The van der Waals surface area contributed by atoms with Gasteiger partial charge in [0.2, 0.25) is 0 Å². The van der Waals surface area contributed by atoms with Crippen molar-refractivity contribution in [3.63, 3.8) is 0 Å².